The highest BCUT2D eigenvalue weighted by molar-refractivity contribution is 6.99. The van der Waals surface area contributed by atoms with Gasteiger partial charge in [0.2, 0.25) is 6.71 Å². The third kappa shape index (κ3) is 10.6. The van der Waals surface area contributed by atoms with Crippen molar-refractivity contribution in [2.45, 2.75) is 263 Å². The maximum atomic E-state index is 2.81. The summed E-state index contributed by atoms with van der Waals surface area (Å²) in [7, 11) is 0. The molecule has 0 fully saturated rings. The lowest BCUT2D eigenvalue weighted by Gasteiger charge is -2.45. The van der Waals surface area contributed by atoms with Gasteiger partial charge in [-0.05, 0) is 240 Å². The summed E-state index contributed by atoms with van der Waals surface area (Å²) in [5.41, 5.74) is 36.8. The van der Waals surface area contributed by atoms with Crippen molar-refractivity contribution in [2.24, 2.45) is 0 Å². The lowest BCUT2D eigenvalue weighted by molar-refractivity contribution is 0.289. The molecule has 2 heteroatoms. The fourth-order valence-corrected chi connectivity index (χ4v) is 21.3. The van der Waals surface area contributed by atoms with Gasteiger partial charge in [0, 0.05) is 34.8 Å². The van der Waals surface area contributed by atoms with Crippen molar-refractivity contribution in [1.29, 1.82) is 0 Å². The molecule has 9 aromatic rings. The Balaban J connectivity index is 1.09. The van der Waals surface area contributed by atoms with Crippen LogP contribution in [0.5, 0.6) is 0 Å². The van der Waals surface area contributed by atoms with E-state index in [-0.39, 0.29) is 78.6 Å². The molecule has 0 radical (unpaired) electrons. The van der Waals surface area contributed by atoms with E-state index in [0.29, 0.717) is 0 Å². The zero-order valence-electron chi connectivity index (χ0n) is 63.5. The molecular weight excluding hydrogens is 1170 g/mol. The number of anilines is 3. The quantitative estimate of drug-likeness (QED) is 0.123. The van der Waals surface area contributed by atoms with Gasteiger partial charge in [0.05, 0.1) is 0 Å². The molecule has 16 rings (SSSR count). The molecule has 0 saturated carbocycles. The Morgan fingerprint density at radius 3 is 1.41 bits per heavy atom. The SMILES string of the molecule is Cc1cc2c3cc1CC1c4cc(ccc4B4c5cc6c(cc5N(c5ccc7c(c5)C(C)(C)CC7(C)C)c5cc(C(c7ccc(C(C)(C)C)cc7)c7ccc(C(C)(C)C)cc7)cc1c54)C(C)(C)CC6(C)C)C(c1ccc(C(C)(C)C)cc1)c1ccc(cc1)C(C)(C)CC3(C)CC2(C)C. The number of hydrogen-bond acceptors (Lipinski definition) is 1. The average molecular weight is 1280 g/mol. The Labute approximate surface area is 585 Å². The second kappa shape index (κ2) is 21.4. The van der Waals surface area contributed by atoms with E-state index in [0.717, 1.165) is 32.1 Å². The monoisotopic (exact) mass is 1280 g/mol. The first-order valence-corrected chi connectivity index (χ1v) is 37.2. The largest absolute Gasteiger partial charge is 0.311 e. The van der Waals surface area contributed by atoms with Crippen LogP contribution < -0.4 is 21.3 Å². The van der Waals surface area contributed by atoms with Crippen molar-refractivity contribution in [2.75, 3.05) is 4.90 Å². The average Bonchev–Trinajstić information content (AvgIpc) is 1.53. The van der Waals surface area contributed by atoms with Crippen LogP contribution in [-0.2, 0) is 60.6 Å². The molecule has 9 aromatic carbocycles. The number of benzene rings is 9. The van der Waals surface area contributed by atoms with Crippen LogP contribution in [0.4, 0.5) is 17.1 Å². The second-order valence-electron chi connectivity index (χ2n) is 39.1. The fourth-order valence-electron chi connectivity index (χ4n) is 21.3. The van der Waals surface area contributed by atoms with E-state index in [1.165, 1.54) is 134 Å². The Bertz CT molecular complexity index is 4610. The zero-order valence-corrected chi connectivity index (χ0v) is 63.5. The maximum Gasteiger partial charge on any atom is 0.247 e. The summed E-state index contributed by atoms with van der Waals surface area (Å²) >= 11 is 0. The first kappa shape index (κ1) is 65.8. The molecule has 0 N–H and O–H groups in total. The van der Waals surface area contributed by atoms with Crippen molar-refractivity contribution in [3.8, 4) is 0 Å². The highest BCUT2D eigenvalue weighted by Crippen LogP contribution is 2.58. The first-order chi connectivity index (χ1) is 45.1. The van der Waals surface area contributed by atoms with Gasteiger partial charge in [0.15, 0.2) is 0 Å². The van der Waals surface area contributed by atoms with Crippen LogP contribution in [0.3, 0.4) is 0 Å². The van der Waals surface area contributed by atoms with E-state index in [2.05, 4.69) is 334 Å². The van der Waals surface area contributed by atoms with Crippen molar-refractivity contribution in [3.63, 3.8) is 0 Å². The van der Waals surface area contributed by atoms with Crippen LogP contribution in [0.15, 0.2) is 170 Å². The number of nitrogens with zero attached hydrogens (tertiary/aromatic N) is 1. The van der Waals surface area contributed by atoms with E-state index in [4.69, 9.17) is 0 Å². The first-order valence-electron chi connectivity index (χ1n) is 37.2. The predicted octanol–water partition coefficient (Wildman–Crippen LogP) is 22.8. The summed E-state index contributed by atoms with van der Waals surface area (Å²) in [6.07, 6.45) is 5.31. The molecule has 0 aromatic heterocycles. The molecule has 498 valence electrons. The Hall–Kier alpha value is -7.16. The minimum atomic E-state index is -0.0711. The van der Waals surface area contributed by atoms with Crippen molar-refractivity contribution < 1.29 is 0 Å². The van der Waals surface area contributed by atoms with Gasteiger partial charge in [-0.15, -0.1) is 0 Å². The normalized spacial score (nSPS) is 21.7. The van der Waals surface area contributed by atoms with E-state index in [1.54, 1.807) is 11.1 Å². The summed E-state index contributed by atoms with van der Waals surface area (Å²) in [6, 6.07) is 71.4. The Kier molecular flexibility index (Phi) is 14.5. The molecule has 3 unspecified atom stereocenters. The lowest BCUT2D eigenvalue weighted by atomic mass is 9.30. The minimum absolute atomic E-state index is 0.00567. The van der Waals surface area contributed by atoms with Gasteiger partial charge in [-0.1, -0.05) is 303 Å². The Morgan fingerprint density at radius 1 is 0.381 bits per heavy atom. The molecule has 2 aliphatic heterocycles. The van der Waals surface area contributed by atoms with Gasteiger partial charge < -0.3 is 4.90 Å². The highest BCUT2D eigenvalue weighted by atomic mass is 15.2. The molecule has 0 spiro atoms. The van der Waals surface area contributed by atoms with Crippen LogP contribution in [-0.4, -0.2) is 6.71 Å². The molecular formula is C95H110BN. The summed E-state index contributed by atoms with van der Waals surface area (Å²) < 4.78 is 0. The number of aryl methyl sites for hydroxylation is 1. The van der Waals surface area contributed by atoms with E-state index in [1.807, 2.05) is 0 Å². The molecule has 7 aliphatic rings. The van der Waals surface area contributed by atoms with Crippen LogP contribution in [0, 0.1) is 6.92 Å². The smallest absolute Gasteiger partial charge is 0.247 e. The van der Waals surface area contributed by atoms with Gasteiger partial charge in [0.25, 0.3) is 0 Å². The van der Waals surface area contributed by atoms with Crippen molar-refractivity contribution >= 4 is 40.2 Å². The van der Waals surface area contributed by atoms with Gasteiger partial charge in [-0.3, -0.25) is 0 Å². The van der Waals surface area contributed by atoms with E-state index in [9.17, 15) is 0 Å². The van der Waals surface area contributed by atoms with E-state index < -0.39 is 0 Å². The van der Waals surface area contributed by atoms with Crippen LogP contribution in [0.25, 0.3) is 0 Å². The van der Waals surface area contributed by atoms with Gasteiger partial charge in [0.1, 0.15) is 0 Å². The zero-order chi connectivity index (χ0) is 69.2. The van der Waals surface area contributed by atoms with Crippen molar-refractivity contribution in [1.82, 2.24) is 0 Å². The van der Waals surface area contributed by atoms with E-state index >= 15 is 0 Å². The van der Waals surface area contributed by atoms with Crippen LogP contribution >= 0.6 is 0 Å². The molecule has 0 saturated heterocycles. The molecule has 1 nitrogen and oxygen atoms in total. The molecule has 3 atom stereocenters. The maximum absolute atomic E-state index is 2.81. The Morgan fingerprint density at radius 2 is 0.856 bits per heavy atom. The number of fused-ring (bicyclic) bond motifs is 8. The summed E-state index contributed by atoms with van der Waals surface area (Å²) in [6.45, 7) is 56.3. The topological polar surface area (TPSA) is 3.24 Å². The number of rotatable bonds is 5. The second-order valence-corrected chi connectivity index (χ2v) is 39.1. The van der Waals surface area contributed by atoms with Gasteiger partial charge in [-0.25, -0.2) is 0 Å². The molecule has 2 heterocycles. The summed E-state index contributed by atoms with van der Waals surface area (Å²) in [5, 5.41) is 0. The standard InChI is InChI=1S/C95H110BN/c1-57-44-74-78-48-63(57)46-70-71-45-62(83(58-24-33-65(34-25-58)86(2,3)4)59-30-39-68(40-31-59)89(11,12)55-95(78,23)56-94(74,21)22)32-43-79(71)96-80-51-76-77(93(19,20)54-92(76,17)18)52-81(80)97(69-41-42-73-75(50-69)91(15,16)53-90(73,13)14)82-49-64(47-72(70)85(82)96)84(60-26-35-66(36-27-60)87(5,6)7)61-28-37-67(38-29-61)88(8,9)10/h24-45,47-52,70,83-84H,46,53-56H2,1-23H3. The third-order valence-corrected chi connectivity index (χ3v) is 25.5. The molecule has 6 bridgehead atoms. The third-order valence-electron chi connectivity index (χ3n) is 25.5. The summed E-state index contributed by atoms with van der Waals surface area (Å²) in [5.74, 6) is -0.0191. The highest BCUT2D eigenvalue weighted by Gasteiger charge is 2.52. The molecule has 97 heavy (non-hydrogen) atoms. The predicted molar refractivity (Wildman–Crippen MR) is 417 cm³/mol. The molecule has 0 amide bonds. The van der Waals surface area contributed by atoms with Crippen LogP contribution in [0.1, 0.15) is 307 Å². The van der Waals surface area contributed by atoms with Gasteiger partial charge in [-0.2, -0.15) is 0 Å². The summed E-state index contributed by atoms with van der Waals surface area (Å²) in [4.78, 5) is 2.81. The minimum Gasteiger partial charge on any atom is -0.311 e. The fraction of sp³-hybridized carbons (Fsp3) is 0.432. The number of hydrogen-bond donors (Lipinski definition) is 0. The van der Waals surface area contributed by atoms with Crippen molar-refractivity contribution in [3.05, 3.63) is 281 Å². The van der Waals surface area contributed by atoms with Gasteiger partial charge >= 0.3 is 0 Å². The van der Waals surface area contributed by atoms with Crippen LogP contribution in [0.2, 0.25) is 0 Å². The lowest BCUT2D eigenvalue weighted by Crippen LogP contribution is -2.62. The molecule has 5 aliphatic carbocycles.